The number of hydrogen-bond acceptors (Lipinski definition) is 2. The number of rotatable bonds is 2. The van der Waals surface area contributed by atoms with Gasteiger partial charge in [0.1, 0.15) is 11.6 Å². The molecular formula is C15H12F2N2O. The topological polar surface area (TPSA) is 56.6 Å². The van der Waals surface area contributed by atoms with Crippen molar-refractivity contribution < 1.29 is 8.78 Å². The number of halogens is 2. The molecule has 0 amide bonds. The van der Waals surface area contributed by atoms with Gasteiger partial charge in [-0.1, -0.05) is 24.3 Å². The van der Waals surface area contributed by atoms with E-state index >= 15 is 0 Å². The highest BCUT2D eigenvalue weighted by Crippen LogP contribution is 2.29. The third-order valence-corrected chi connectivity index (χ3v) is 2.98. The van der Waals surface area contributed by atoms with Crippen LogP contribution in [-0.2, 0) is 5.92 Å². The maximum absolute atomic E-state index is 13.2. The molecule has 1 N–H and O–H groups in total. The number of hydrogen-bond donors (Lipinski definition) is 1. The molecule has 2 aromatic rings. The number of aromatic amines is 1. The third kappa shape index (κ3) is 2.59. The van der Waals surface area contributed by atoms with Crippen LogP contribution in [-0.4, -0.2) is 4.98 Å². The number of benzene rings is 1. The highest BCUT2D eigenvalue weighted by Gasteiger charge is 2.24. The molecule has 1 heterocycles. The van der Waals surface area contributed by atoms with Crippen molar-refractivity contribution in [3.05, 3.63) is 57.5 Å². The summed E-state index contributed by atoms with van der Waals surface area (Å²) in [6.07, 6.45) is 0. The lowest BCUT2D eigenvalue weighted by Crippen LogP contribution is -2.12. The van der Waals surface area contributed by atoms with E-state index in [0.29, 0.717) is 16.8 Å². The lowest BCUT2D eigenvalue weighted by molar-refractivity contribution is 0.0175. The van der Waals surface area contributed by atoms with Crippen molar-refractivity contribution in [2.75, 3.05) is 0 Å². The molecule has 0 radical (unpaired) electrons. The molecule has 0 fully saturated rings. The van der Waals surface area contributed by atoms with Gasteiger partial charge >= 0.3 is 0 Å². The number of nitrogens with one attached hydrogen (secondary N) is 1. The largest absolute Gasteiger partial charge is 0.325 e. The van der Waals surface area contributed by atoms with Gasteiger partial charge in [-0.3, -0.25) is 4.79 Å². The van der Waals surface area contributed by atoms with Crippen LogP contribution in [0.4, 0.5) is 8.78 Å². The van der Waals surface area contributed by atoms with Crippen molar-refractivity contribution >= 4 is 0 Å². The van der Waals surface area contributed by atoms with Crippen molar-refractivity contribution in [2.45, 2.75) is 19.8 Å². The summed E-state index contributed by atoms with van der Waals surface area (Å²) in [5.74, 6) is -2.92. The minimum absolute atomic E-state index is 0.0217. The summed E-state index contributed by atoms with van der Waals surface area (Å²) in [6.45, 7) is 2.51. The maximum atomic E-state index is 13.2. The average Bonchev–Trinajstić information content (AvgIpc) is 2.37. The molecule has 0 aliphatic heterocycles. The molecule has 0 aliphatic carbocycles. The van der Waals surface area contributed by atoms with E-state index in [4.69, 9.17) is 5.26 Å². The van der Waals surface area contributed by atoms with E-state index in [-0.39, 0.29) is 11.1 Å². The molecule has 1 aromatic carbocycles. The van der Waals surface area contributed by atoms with Crippen LogP contribution in [0.25, 0.3) is 11.1 Å². The number of pyridine rings is 1. The predicted molar refractivity (Wildman–Crippen MR) is 71.5 cm³/mol. The summed E-state index contributed by atoms with van der Waals surface area (Å²) in [4.78, 5) is 14.2. The van der Waals surface area contributed by atoms with Gasteiger partial charge in [0.05, 0.1) is 0 Å². The zero-order chi connectivity index (χ0) is 14.9. The molecule has 0 bridgehead atoms. The molecule has 3 nitrogen and oxygen atoms in total. The molecule has 5 heteroatoms. The Kier molecular flexibility index (Phi) is 3.41. The minimum Gasteiger partial charge on any atom is -0.325 e. The van der Waals surface area contributed by atoms with Crippen LogP contribution in [0.15, 0.2) is 35.1 Å². The van der Waals surface area contributed by atoms with Gasteiger partial charge in [-0.25, -0.2) is 8.78 Å². The number of aryl methyl sites for hydroxylation is 1. The van der Waals surface area contributed by atoms with E-state index in [1.165, 1.54) is 24.3 Å². The Balaban J connectivity index is 2.59. The van der Waals surface area contributed by atoms with Gasteiger partial charge in [0, 0.05) is 23.7 Å². The molecular weight excluding hydrogens is 262 g/mol. The Morgan fingerprint density at radius 1 is 1.25 bits per heavy atom. The average molecular weight is 274 g/mol. The SMILES string of the molecule is Cc1cc(-c2ccc(C(C)(F)F)cc2)c(C#N)c(=O)[nH]1. The highest BCUT2D eigenvalue weighted by molar-refractivity contribution is 5.70. The van der Waals surface area contributed by atoms with E-state index < -0.39 is 11.5 Å². The lowest BCUT2D eigenvalue weighted by Gasteiger charge is -2.11. The fourth-order valence-corrected chi connectivity index (χ4v) is 1.97. The van der Waals surface area contributed by atoms with Gasteiger partial charge in [0.2, 0.25) is 0 Å². The van der Waals surface area contributed by atoms with Gasteiger partial charge in [-0.05, 0) is 18.6 Å². The van der Waals surface area contributed by atoms with Crippen molar-refractivity contribution in [3.8, 4) is 17.2 Å². The second kappa shape index (κ2) is 4.89. The Hall–Kier alpha value is -2.48. The lowest BCUT2D eigenvalue weighted by atomic mass is 9.99. The molecule has 0 saturated carbocycles. The molecule has 0 atom stereocenters. The summed E-state index contributed by atoms with van der Waals surface area (Å²) in [6, 6.07) is 9.07. The fourth-order valence-electron chi connectivity index (χ4n) is 1.97. The van der Waals surface area contributed by atoms with E-state index in [9.17, 15) is 13.6 Å². The minimum atomic E-state index is -2.92. The second-order valence-corrected chi connectivity index (χ2v) is 4.65. The van der Waals surface area contributed by atoms with E-state index in [1.54, 1.807) is 13.0 Å². The predicted octanol–water partition coefficient (Wildman–Crippen LogP) is 3.33. The number of alkyl halides is 2. The van der Waals surface area contributed by atoms with E-state index in [1.807, 2.05) is 6.07 Å². The van der Waals surface area contributed by atoms with Gasteiger partial charge in [0.15, 0.2) is 0 Å². The van der Waals surface area contributed by atoms with Crippen LogP contribution in [0.2, 0.25) is 0 Å². The fraction of sp³-hybridized carbons (Fsp3) is 0.200. The zero-order valence-corrected chi connectivity index (χ0v) is 11.0. The maximum Gasteiger partial charge on any atom is 0.270 e. The number of H-pyrrole nitrogens is 1. The number of nitriles is 1. The Morgan fingerprint density at radius 3 is 2.35 bits per heavy atom. The summed E-state index contributed by atoms with van der Waals surface area (Å²) < 4.78 is 26.3. The highest BCUT2D eigenvalue weighted by atomic mass is 19.3. The first-order chi connectivity index (χ1) is 9.32. The van der Waals surface area contributed by atoms with Crippen LogP contribution in [0.3, 0.4) is 0 Å². The molecule has 102 valence electrons. The van der Waals surface area contributed by atoms with E-state index in [2.05, 4.69) is 4.98 Å². The summed E-state index contributed by atoms with van der Waals surface area (Å²) in [5, 5.41) is 9.05. The van der Waals surface area contributed by atoms with Crippen LogP contribution in [0, 0.1) is 18.3 Å². The summed E-state index contributed by atoms with van der Waals surface area (Å²) >= 11 is 0. The van der Waals surface area contributed by atoms with Gasteiger partial charge in [-0.15, -0.1) is 0 Å². The first-order valence-corrected chi connectivity index (χ1v) is 5.95. The van der Waals surface area contributed by atoms with Crippen LogP contribution < -0.4 is 5.56 Å². The number of nitrogens with zero attached hydrogens (tertiary/aromatic N) is 1. The quantitative estimate of drug-likeness (QED) is 0.913. The van der Waals surface area contributed by atoms with Crippen molar-refractivity contribution in [1.29, 1.82) is 5.26 Å². The standard InChI is InChI=1S/C15H12F2N2O/c1-9-7-12(13(8-18)14(20)19-9)10-3-5-11(6-4-10)15(2,16)17/h3-7H,1-2H3,(H,19,20). The van der Waals surface area contributed by atoms with Gasteiger partial charge in [-0.2, -0.15) is 5.26 Å². The number of aromatic nitrogens is 1. The van der Waals surface area contributed by atoms with E-state index in [0.717, 1.165) is 6.92 Å². The molecule has 0 saturated heterocycles. The van der Waals surface area contributed by atoms with Crippen LogP contribution in [0.5, 0.6) is 0 Å². The molecule has 20 heavy (non-hydrogen) atoms. The van der Waals surface area contributed by atoms with Crippen molar-refractivity contribution in [3.63, 3.8) is 0 Å². The normalized spacial score (nSPS) is 11.2. The first-order valence-electron chi connectivity index (χ1n) is 5.95. The third-order valence-electron chi connectivity index (χ3n) is 2.98. The Bertz CT molecular complexity index is 734. The molecule has 1 aromatic heterocycles. The van der Waals surface area contributed by atoms with Crippen LogP contribution in [0.1, 0.15) is 23.7 Å². The molecule has 0 aliphatic rings. The van der Waals surface area contributed by atoms with Crippen molar-refractivity contribution in [2.24, 2.45) is 0 Å². The molecule has 0 spiro atoms. The van der Waals surface area contributed by atoms with Gasteiger partial charge < -0.3 is 4.98 Å². The smallest absolute Gasteiger partial charge is 0.270 e. The summed E-state index contributed by atoms with van der Waals surface area (Å²) in [5.41, 5.74) is 0.998. The van der Waals surface area contributed by atoms with Gasteiger partial charge in [0.25, 0.3) is 11.5 Å². The van der Waals surface area contributed by atoms with Crippen molar-refractivity contribution in [1.82, 2.24) is 4.98 Å². The Labute approximate surface area is 114 Å². The monoisotopic (exact) mass is 274 g/mol. The molecule has 0 unspecified atom stereocenters. The second-order valence-electron chi connectivity index (χ2n) is 4.65. The van der Waals surface area contributed by atoms with Crippen LogP contribution >= 0.6 is 0 Å². The summed E-state index contributed by atoms with van der Waals surface area (Å²) in [7, 11) is 0. The Morgan fingerprint density at radius 2 is 1.85 bits per heavy atom. The first kappa shape index (κ1) is 13.9. The zero-order valence-electron chi connectivity index (χ0n) is 11.0. The molecule has 2 rings (SSSR count).